The Morgan fingerprint density at radius 3 is 1.65 bits per heavy atom. The van der Waals surface area contributed by atoms with Crippen molar-refractivity contribution in [3.8, 4) is 0 Å². The van der Waals surface area contributed by atoms with Crippen LogP contribution in [0.15, 0.2) is 60.7 Å². The molecule has 0 saturated heterocycles. The van der Waals surface area contributed by atoms with Crippen LogP contribution in [0.3, 0.4) is 0 Å². The Bertz CT molecular complexity index is 520. The molecule has 2 atom stereocenters. The molecule has 0 N–H and O–H groups in total. The molecule has 0 saturated carbocycles. The predicted octanol–water partition coefficient (Wildman–Crippen LogP) is 5.62. The minimum atomic E-state index is -1.58. The fraction of sp³-hybridized carbons (Fsp3) is 0.333. The summed E-state index contributed by atoms with van der Waals surface area (Å²) in [5, 5.41) is 1.51. The van der Waals surface area contributed by atoms with Crippen molar-refractivity contribution in [2.75, 3.05) is 0 Å². The summed E-state index contributed by atoms with van der Waals surface area (Å²) in [4.78, 5) is 0. The van der Waals surface area contributed by atoms with Crippen LogP contribution in [0, 0.1) is 19.3 Å². The molecule has 23 heavy (non-hydrogen) atoms. The molecule has 0 unspecified atom stereocenters. The zero-order chi connectivity index (χ0) is 16.6. The average Bonchev–Trinajstić information content (AvgIpc) is 2.49. The molecule has 0 aromatic heterocycles. The van der Waals surface area contributed by atoms with Crippen molar-refractivity contribution in [2.24, 2.45) is 5.92 Å². The number of hydrogen-bond acceptors (Lipinski definition) is 0. The molecular weight excluding hydrogens is 346 g/mol. The van der Waals surface area contributed by atoms with E-state index in [4.69, 9.17) is 0 Å². The van der Waals surface area contributed by atoms with E-state index >= 15 is 0 Å². The second-order valence-corrected chi connectivity index (χ2v) is 11.2. The minimum absolute atomic E-state index is 0. The first-order chi connectivity index (χ1) is 10.4. The second-order valence-electron chi connectivity index (χ2n) is 6.53. The Morgan fingerprint density at radius 2 is 1.26 bits per heavy atom. The van der Waals surface area contributed by atoms with Gasteiger partial charge in [0, 0.05) is 0 Å². The van der Waals surface area contributed by atoms with E-state index in [1.807, 2.05) is 20.3 Å². The van der Waals surface area contributed by atoms with Crippen molar-refractivity contribution < 1.29 is 19.5 Å². The summed E-state index contributed by atoms with van der Waals surface area (Å²) in [5.41, 5.74) is 1.99. The van der Waals surface area contributed by atoms with Gasteiger partial charge in [0.25, 0.3) is 0 Å². The summed E-state index contributed by atoms with van der Waals surface area (Å²) in [6, 6.07) is 21.8. The van der Waals surface area contributed by atoms with Crippen LogP contribution >= 0.6 is 0 Å². The van der Waals surface area contributed by atoms with E-state index < -0.39 is 8.07 Å². The first-order valence-corrected chi connectivity index (χ1v) is 11.2. The Labute approximate surface area is 157 Å². The summed E-state index contributed by atoms with van der Waals surface area (Å²) >= 11 is 0. The van der Waals surface area contributed by atoms with Crippen LogP contribution in [-0.2, 0) is 19.5 Å². The van der Waals surface area contributed by atoms with Crippen LogP contribution in [0.2, 0.25) is 13.1 Å². The smallest absolute Gasteiger partial charge is 0.340 e. The molecule has 0 aliphatic carbocycles. The van der Waals surface area contributed by atoms with Crippen molar-refractivity contribution in [3.05, 3.63) is 79.6 Å². The molecule has 2 heteroatoms. The van der Waals surface area contributed by atoms with Crippen LogP contribution in [0.4, 0.5) is 0 Å². The third-order valence-electron chi connectivity index (χ3n) is 4.02. The van der Waals surface area contributed by atoms with Gasteiger partial charge in [0.2, 0.25) is 0 Å². The summed E-state index contributed by atoms with van der Waals surface area (Å²) in [6.45, 7) is 15.5. The Kier molecular flexibility index (Phi) is 10.6. The van der Waals surface area contributed by atoms with Crippen LogP contribution in [0.25, 0.3) is 0 Å². The van der Waals surface area contributed by atoms with Crippen molar-refractivity contribution in [2.45, 2.75) is 39.4 Å². The van der Waals surface area contributed by atoms with Gasteiger partial charge in [0.05, 0.1) is 8.07 Å². The van der Waals surface area contributed by atoms with E-state index in [2.05, 4.69) is 87.6 Å². The number of rotatable bonds is 4. The van der Waals surface area contributed by atoms with E-state index in [0.29, 0.717) is 11.5 Å². The molecule has 0 nitrogen and oxygen atoms in total. The van der Waals surface area contributed by atoms with E-state index in [-0.39, 0.29) is 19.5 Å². The molecule has 120 valence electrons. The molecule has 0 aliphatic rings. The predicted molar refractivity (Wildman–Crippen MR) is 103 cm³/mol. The van der Waals surface area contributed by atoms with Gasteiger partial charge in [-0.05, 0) is 11.1 Å². The van der Waals surface area contributed by atoms with Crippen LogP contribution < -0.4 is 5.19 Å². The quantitative estimate of drug-likeness (QED) is 0.480. The zero-order valence-electron chi connectivity index (χ0n) is 15.4. The van der Waals surface area contributed by atoms with Gasteiger partial charge in [-0.2, -0.15) is 19.8 Å². The van der Waals surface area contributed by atoms with E-state index in [1.54, 1.807) is 0 Å². The molecule has 0 fully saturated rings. The first-order valence-electron chi connectivity index (χ1n) is 8.12. The molecule has 0 heterocycles. The van der Waals surface area contributed by atoms with Crippen molar-refractivity contribution in [1.82, 2.24) is 0 Å². The standard InChI is InChI=1S/C18H23Si.C3H7.Zn/c1-15(2)18(16-11-7-5-8-12-16)19(3,4)17-13-9-6-10-14-17;1-3-2;/h5-15,18H,1H2,2-4H3;3H,1-2H3;/q2*-1;+2/t15-,18-;;/m0../s1. The van der Waals surface area contributed by atoms with Gasteiger partial charge in [0.15, 0.2) is 0 Å². The summed E-state index contributed by atoms with van der Waals surface area (Å²) in [5.74, 6) is 0.421. The van der Waals surface area contributed by atoms with Gasteiger partial charge in [-0.15, -0.1) is 0 Å². The normalized spacial score (nSPS) is 13.1. The fourth-order valence-electron chi connectivity index (χ4n) is 3.16. The first kappa shape index (κ1) is 22.3. The SMILES string of the molecule is C[CH-]C.[CH2-][C@@H](C)[C@@H](c1ccccc1)[Si](C)(C)c1ccccc1.[Zn+2]. The van der Waals surface area contributed by atoms with E-state index in [9.17, 15) is 0 Å². The van der Waals surface area contributed by atoms with Crippen LogP contribution in [0.5, 0.6) is 0 Å². The van der Waals surface area contributed by atoms with Crippen LogP contribution in [0.1, 0.15) is 31.9 Å². The van der Waals surface area contributed by atoms with Gasteiger partial charge >= 0.3 is 19.5 Å². The van der Waals surface area contributed by atoms with Gasteiger partial charge in [-0.3, -0.25) is 0 Å². The zero-order valence-corrected chi connectivity index (χ0v) is 19.4. The van der Waals surface area contributed by atoms with Crippen molar-refractivity contribution in [3.63, 3.8) is 0 Å². The maximum absolute atomic E-state index is 4.34. The molecule has 0 spiro atoms. The van der Waals surface area contributed by atoms with Gasteiger partial charge in [0.1, 0.15) is 0 Å². The molecule has 0 radical (unpaired) electrons. The van der Waals surface area contributed by atoms with Crippen molar-refractivity contribution in [1.29, 1.82) is 0 Å². The largest absolute Gasteiger partial charge is 2.00 e. The fourth-order valence-corrected chi connectivity index (χ4v) is 7.02. The average molecular weight is 376 g/mol. The molecule has 0 amide bonds. The summed E-state index contributed by atoms with van der Waals surface area (Å²) in [6.07, 6.45) is 2.00. The molecule has 0 aliphatic heterocycles. The van der Waals surface area contributed by atoms with Gasteiger partial charge in [-0.25, -0.2) is 0 Å². The van der Waals surface area contributed by atoms with E-state index in [0.717, 1.165) is 0 Å². The number of hydrogen-bond donors (Lipinski definition) is 0. The number of benzene rings is 2. The Balaban J connectivity index is 0.00000112. The maximum Gasteiger partial charge on any atom is 2.00 e. The Hall–Kier alpha value is -0.720. The third-order valence-corrected chi connectivity index (χ3v) is 8.30. The topological polar surface area (TPSA) is 0 Å². The summed E-state index contributed by atoms with van der Waals surface area (Å²) < 4.78 is 0. The molecule has 2 rings (SSSR count). The van der Waals surface area contributed by atoms with Crippen LogP contribution in [-0.4, -0.2) is 8.07 Å². The van der Waals surface area contributed by atoms with Gasteiger partial charge in [-0.1, -0.05) is 85.9 Å². The molecule has 2 aromatic carbocycles. The molecular formula is C21H30SiZn. The minimum Gasteiger partial charge on any atom is -0.340 e. The third kappa shape index (κ3) is 6.36. The maximum atomic E-state index is 4.34. The van der Waals surface area contributed by atoms with E-state index in [1.165, 1.54) is 10.8 Å². The summed E-state index contributed by atoms with van der Waals surface area (Å²) in [7, 11) is -1.58. The van der Waals surface area contributed by atoms with Crippen molar-refractivity contribution >= 4 is 13.3 Å². The Morgan fingerprint density at radius 1 is 0.870 bits per heavy atom. The molecule has 2 aromatic rings. The monoisotopic (exact) mass is 374 g/mol. The van der Waals surface area contributed by atoms with Gasteiger partial charge < -0.3 is 13.3 Å². The second kappa shape index (κ2) is 10.9. The molecule has 0 bridgehead atoms.